The summed E-state index contributed by atoms with van der Waals surface area (Å²) >= 11 is 7.69. The number of hydrogen-bond donors (Lipinski definition) is 2. The smallest absolute Gasteiger partial charge is 0.229 e. The van der Waals surface area contributed by atoms with Crippen LogP contribution in [0.2, 0.25) is 5.02 Å². The molecule has 1 unspecified atom stereocenters. The maximum absolute atomic E-state index is 11.3. The first-order valence-electron chi connectivity index (χ1n) is 6.44. The number of halogens is 1. The van der Waals surface area contributed by atoms with Gasteiger partial charge in [-0.15, -0.1) is 11.8 Å². The Bertz CT molecular complexity index is 632. The van der Waals surface area contributed by atoms with Crippen LogP contribution in [-0.4, -0.2) is 19.5 Å². The summed E-state index contributed by atoms with van der Waals surface area (Å²) in [7, 11) is -3.33. The predicted molar refractivity (Wildman–Crippen MR) is 94.6 cm³/mol. The lowest BCUT2D eigenvalue weighted by Gasteiger charge is -2.30. The number of allylic oxidation sites excluding steroid dienone is 1. The predicted octanol–water partition coefficient (Wildman–Crippen LogP) is 4.52. The Balaban J connectivity index is 3.05. The Morgan fingerprint density at radius 1 is 1.38 bits per heavy atom. The normalized spacial score (nSPS) is 14.3. The molecule has 1 aromatic rings. The van der Waals surface area contributed by atoms with Gasteiger partial charge in [-0.25, -0.2) is 8.42 Å². The topological polar surface area (TPSA) is 58.2 Å². The summed E-state index contributed by atoms with van der Waals surface area (Å²) in [6.45, 7) is 10.0. The van der Waals surface area contributed by atoms with Crippen LogP contribution in [-0.2, 0) is 10.0 Å². The van der Waals surface area contributed by atoms with E-state index in [9.17, 15) is 8.42 Å². The van der Waals surface area contributed by atoms with Crippen molar-refractivity contribution in [1.29, 1.82) is 0 Å². The average Bonchev–Trinajstić information content (AvgIpc) is 2.24. The van der Waals surface area contributed by atoms with Crippen LogP contribution in [0.1, 0.15) is 27.2 Å². The molecule has 0 spiro atoms. The van der Waals surface area contributed by atoms with Crippen LogP contribution in [0.25, 0.3) is 0 Å². The van der Waals surface area contributed by atoms with E-state index >= 15 is 0 Å². The first kappa shape index (κ1) is 18.2. The molecular formula is C14H21ClN2O2S2. The maximum Gasteiger partial charge on any atom is 0.229 e. The number of benzene rings is 1. The number of sulfonamides is 1. The number of nitrogens with one attached hydrogen (secondary N) is 2. The van der Waals surface area contributed by atoms with Crippen molar-refractivity contribution in [2.45, 2.75) is 32.1 Å². The van der Waals surface area contributed by atoms with Crippen molar-refractivity contribution in [3.05, 3.63) is 34.7 Å². The lowest BCUT2D eigenvalue weighted by Crippen LogP contribution is -2.29. The summed E-state index contributed by atoms with van der Waals surface area (Å²) in [5.41, 5.74) is 1.19. The summed E-state index contributed by atoms with van der Waals surface area (Å²) in [5.74, 6) is 0. The number of hydrogen-bond acceptors (Lipinski definition) is 4. The van der Waals surface area contributed by atoms with E-state index in [-0.39, 0.29) is 4.87 Å². The van der Waals surface area contributed by atoms with Crippen LogP contribution in [0.5, 0.6) is 0 Å². The minimum absolute atomic E-state index is 0.237. The lowest BCUT2D eigenvalue weighted by atomic mass is 10.2. The molecule has 0 aliphatic heterocycles. The average molecular weight is 349 g/mol. The minimum Gasteiger partial charge on any atom is -0.371 e. The van der Waals surface area contributed by atoms with Gasteiger partial charge in [0.15, 0.2) is 0 Å². The monoisotopic (exact) mass is 348 g/mol. The number of thioether (sulfide) groups is 1. The number of anilines is 2. The molecule has 0 radical (unpaired) electrons. The van der Waals surface area contributed by atoms with Gasteiger partial charge in [-0.1, -0.05) is 25.1 Å². The van der Waals surface area contributed by atoms with Gasteiger partial charge in [0.25, 0.3) is 0 Å². The Kier molecular flexibility index (Phi) is 6.01. The second-order valence-electron chi connectivity index (χ2n) is 5.12. The molecule has 1 aromatic carbocycles. The fourth-order valence-corrected chi connectivity index (χ4v) is 3.67. The molecule has 21 heavy (non-hydrogen) atoms. The summed E-state index contributed by atoms with van der Waals surface area (Å²) in [6.07, 6.45) is 1.97. The molecule has 0 aromatic heterocycles. The van der Waals surface area contributed by atoms with Crippen LogP contribution in [0.15, 0.2) is 29.7 Å². The third-order valence-corrected chi connectivity index (χ3v) is 4.70. The molecule has 0 saturated heterocycles. The molecule has 0 bridgehead atoms. The van der Waals surface area contributed by atoms with Gasteiger partial charge in [0, 0.05) is 10.7 Å². The highest BCUT2D eigenvalue weighted by Crippen LogP contribution is 2.36. The largest absolute Gasteiger partial charge is 0.371 e. The SMILES string of the molecule is C=C(C)SC(C)(CC)Nc1cc(Cl)cc(NS(C)(=O)=O)c1. The Labute approximate surface area is 136 Å². The van der Waals surface area contributed by atoms with Gasteiger partial charge in [0.05, 0.1) is 16.8 Å². The van der Waals surface area contributed by atoms with Gasteiger partial charge in [-0.05, 0) is 43.4 Å². The molecule has 0 amide bonds. The third-order valence-electron chi connectivity index (χ3n) is 2.68. The first-order chi connectivity index (χ1) is 9.53. The molecular weight excluding hydrogens is 328 g/mol. The summed E-state index contributed by atoms with van der Waals surface area (Å²) in [5, 5.41) is 3.85. The molecule has 0 heterocycles. The van der Waals surface area contributed by atoms with Crippen LogP contribution in [0.4, 0.5) is 11.4 Å². The van der Waals surface area contributed by atoms with Gasteiger partial charge >= 0.3 is 0 Å². The fraction of sp³-hybridized carbons (Fsp3) is 0.429. The zero-order chi connectivity index (χ0) is 16.3. The zero-order valence-corrected chi connectivity index (χ0v) is 15.0. The molecule has 0 saturated carbocycles. The molecule has 7 heteroatoms. The van der Waals surface area contributed by atoms with E-state index in [1.807, 2.05) is 6.92 Å². The zero-order valence-electron chi connectivity index (χ0n) is 12.7. The van der Waals surface area contributed by atoms with Crippen LogP contribution >= 0.6 is 23.4 Å². The molecule has 0 aliphatic carbocycles. The van der Waals surface area contributed by atoms with Crippen molar-refractivity contribution in [3.63, 3.8) is 0 Å². The van der Waals surface area contributed by atoms with E-state index in [4.69, 9.17) is 11.6 Å². The van der Waals surface area contributed by atoms with E-state index < -0.39 is 10.0 Å². The first-order valence-corrected chi connectivity index (χ1v) is 9.53. The van der Waals surface area contributed by atoms with E-state index in [1.54, 1.807) is 30.0 Å². The Morgan fingerprint density at radius 2 is 1.95 bits per heavy atom. The highest BCUT2D eigenvalue weighted by Gasteiger charge is 2.23. The molecule has 2 N–H and O–H groups in total. The van der Waals surface area contributed by atoms with Crippen molar-refractivity contribution >= 4 is 44.8 Å². The quantitative estimate of drug-likeness (QED) is 0.711. The highest BCUT2D eigenvalue weighted by atomic mass is 35.5. The minimum atomic E-state index is -3.33. The van der Waals surface area contributed by atoms with E-state index in [1.165, 1.54) is 0 Å². The molecule has 1 atom stereocenters. The summed E-state index contributed by atoms with van der Waals surface area (Å²) < 4.78 is 25.1. The van der Waals surface area contributed by atoms with Crippen molar-refractivity contribution in [2.75, 3.05) is 16.3 Å². The standard InChI is InChI=1S/C14H21ClN2O2S2/c1-6-14(4,20-10(2)3)16-12-7-11(15)8-13(9-12)17-21(5,18)19/h7-9,16-17H,2,6H2,1,3-5H3. The Hall–Kier alpha value is -0.850. The van der Waals surface area contributed by atoms with Crippen LogP contribution < -0.4 is 10.0 Å². The van der Waals surface area contributed by atoms with E-state index in [0.717, 1.165) is 23.3 Å². The summed E-state index contributed by atoms with van der Waals surface area (Å²) in [4.78, 5) is 0.766. The van der Waals surface area contributed by atoms with Crippen LogP contribution in [0, 0.1) is 0 Å². The fourth-order valence-electron chi connectivity index (χ4n) is 1.81. The summed E-state index contributed by atoms with van der Waals surface area (Å²) in [6, 6.07) is 5.06. The second kappa shape index (κ2) is 6.94. The number of rotatable bonds is 7. The van der Waals surface area contributed by atoms with Crippen molar-refractivity contribution in [1.82, 2.24) is 0 Å². The molecule has 118 valence electrons. The third kappa shape index (κ3) is 6.63. The van der Waals surface area contributed by atoms with Crippen molar-refractivity contribution in [2.24, 2.45) is 0 Å². The molecule has 1 rings (SSSR count). The van der Waals surface area contributed by atoms with Crippen LogP contribution in [0.3, 0.4) is 0 Å². The maximum atomic E-state index is 11.3. The van der Waals surface area contributed by atoms with E-state index in [0.29, 0.717) is 10.7 Å². The van der Waals surface area contributed by atoms with Gasteiger partial charge in [-0.3, -0.25) is 4.72 Å². The Morgan fingerprint density at radius 3 is 2.43 bits per heavy atom. The highest BCUT2D eigenvalue weighted by molar-refractivity contribution is 8.04. The second-order valence-corrected chi connectivity index (χ2v) is 9.10. The lowest BCUT2D eigenvalue weighted by molar-refractivity contribution is 0.607. The molecule has 4 nitrogen and oxygen atoms in total. The van der Waals surface area contributed by atoms with Gasteiger partial charge < -0.3 is 5.32 Å². The van der Waals surface area contributed by atoms with Gasteiger partial charge in [0.2, 0.25) is 10.0 Å². The van der Waals surface area contributed by atoms with E-state index in [2.05, 4.69) is 30.5 Å². The van der Waals surface area contributed by atoms with Crippen molar-refractivity contribution < 1.29 is 8.42 Å². The molecule has 0 fully saturated rings. The van der Waals surface area contributed by atoms with Gasteiger partial charge in [-0.2, -0.15) is 0 Å². The molecule has 0 aliphatic rings. The van der Waals surface area contributed by atoms with Crippen molar-refractivity contribution in [3.8, 4) is 0 Å². The van der Waals surface area contributed by atoms with Gasteiger partial charge in [0.1, 0.15) is 0 Å².